The van der Waals surface area contributed by atoms with Gasteiger partial charge in [-0.2, -0.15) is 0 Å². The van der Waals surface area contributed by atoms with Gasteiger partial charge < -0.3 is 9.64 Å². The number of hydrogen-bond donors (Lipinski definition) is 0. The zero-order valence-corrected chi connectivity index (χ0v) is 14.0. The Bertz CT molecular complexity index is 582. The molecule has 2 aliphatic rings. The highest BCUT2D eigenvalue weighted by molar-refractivity contribution is 5.82. The molecule has 1 aliphatic heterocycles. The number of fused-ring (bicyclic) bond motifs is 1. The highest BCUT2D eigenvalue weighted by atomic mass is 16.6. The van der Waals surface area contributed by atoms with Crippen molar-refractivity contribution in [2.24, 2.45) is 17.3 Å². The molecule has 124 valence electrons. The van der Waals surface area contributed by atoms with Crippen molar-refractivity contribution < 1.29 is 14.3 Å². The summed E-state index contributed by atoms with van der Waals surface area (Å²) < 4.78 is 5.44. The van der Waals surface area contributed by atoms with Gasteiger partial charge in [-0.3, -0.25) is 4.79 Å². The minimum absolute atomic E-state index is 0.108. The Balaban J connectivity index is 1.61. The summed E-state index contributed by atoms with van der Waals surface area (Å²) in [6, 6.07) is 9.71. The van der Waals surface area contributed by atoms with Crippen LogP contribution in [0.25, 0.3) is 0 Å². The molecule has 0 bridgehead atoms. The number of piperidine rings is 1. The van der Waals surface area contributed by atoms with Crippen LogP contribution in [-0.4, -0.2) is 29.9 Å². The molecule has 2 fully saturated rings. The van der Waals surface area contributed by atoms with E-state index in [1.807, 2.05) is 30.3 Å². The minimum Gasteiger partial charge on any atom is -0.445 e. The largest absolute Gasteiger partial charge is 0.445 e. The van der Waals surface area contributed by atoms with Gasteiger partial charge in [-0.15, -0.1) is 0 Å². The van der Waals surface area contributed by atoms with E-state index < -0.39 is 0 Å². The van der Waals surface area contributed by atoms with Crippen LogP contribution in [0.5, 0.6) is 0 Å². The van der Waals surface area contributed by atoms with Crippen LogP contribution in [0, 0.1) is 17.3 Å². The van der Waals surface area contributed by atoms with E-state index in [4.69, 9.17) is 4.74 Å². The fourth-order valence-electron chi connectivity index (χ4n) is 3.92. The number of carbonyl (C=O) groups excluding carboxylic acids is 2. The van der Waals surface area contributed by atoms with E-state index in [2.05, 4.69) is 13.8 Å². The molecule has 1 aromatic rings. The van der Waals surface area contributed by atoms with Gasteiger partial charge in [-0.1, -0.05) is 44.2 Å². The number of ether oxygens (including phenoxy) is 1. The lowest BCUT2D eigenvalue weighted by Crippen LogP contribution is -2.53. The third kappa shape index (κ3) is 3.41. The maximum atomic E-state index is 12.4. The monoisotopic (exact) mass is 315 g/mol. The summed E-state index contributed by atoms with van der Waals surface area (Å²) in [4.78, 5) is 26.3. The average Bonchev–Trinajstić information content (AvgIpc) is 2.57. The van der Waals surface area contributed by atoms with Crippen LogP contribution in [0.15, 0.2) is 30.3 Å². The molecule has 0 N–H and O–H groups in total. The van der Waals surface area contributed by atoms with Crippen LogP contribution < -0.4 is 0 Å². The van der Waals surface area contributed by atoms with Crippen LogP contribution in [0.4, 0.5) is 4.79 Å². The zero-order chi connectivity index (χ0) is 16.4. The molecule has 1 aliphatic carbocycles. The normalized spacial score (nSPS) is 26.5. The van der Waals surface area contributed by atoms with Gasteiger partial charge in [-0.25, -0.2) is 4.79 Å². The lowest BCUT2D eigenvalue weighted by atomic mass is 9.61. The van der Waals surface area contributed by atoms with Gasteiger partial charge in [0.1, 0.15) is 12.4 Å². The topological polar surface area (TPSA) is 46.6 Å². The van der Waals surface area contributed by atoms with Crippen molar-refractivity contribution in [1.82, 2.24) is 4.90 Å². The Kier molecular flexibility index (Phi) is 4.42. The highest BCUT2D eigenvalue weighted by Crippen LogP contribution is 2.45. The highest BCUT2D eigenvalue weighted by Gasteiger charge is 2.46. The number of nitrogens with zero attached hydrogens (tertiary/aromatic N) is 1. The summed E-state index contributed by atoms with van der Waals surface area (Å²) >= 11 is 0. The Labute approximate surface area is 137 Å². The first-order chi connectivity index (χ1) is 11.0. The maximum absolute atomic E-state index is 12.4. The van der Waals surface area contributed by atoms with Gasteiger partial charge in [0.05, 0.1) is 0 Å². The van der Waals surface area contributed by atoms with E-state index >= 15 is 0 Å². The van der Waals surface area contributed by atoms with Crippen LogP contribution in [-0.2, 0) is 16.1 Å². The quantitative estimate of drug-likeness (QED) is 0.837. The fourth-order valence-corrected chi connectivity index (χ4v) is 3.92. The first kappa shape index (κ1) is 16.0. The van der Waals surface area contributed by atoms with E-state index in [1.165, 1.54) is 0 Å². The molecule has 1 saturated heterocycles. The number of ketones is 1. The fraction of sp³-hybridized carbons (Fsp3) is 0.579. The zero-order valence-electron chi connectivity index (χ0n) is 14.0. The van der Waals surface area contributed by atoms with Crippen LogP contribution >= 0.6 is 0 Å². The molecule has 0 radical (unpaired) electrons. The van der Waals surface area contributed by atoms with E-state index in [9.17, 15) is 9.59 Å². The van der Waals surface area contributed by atoms with Gasteiger partial charge in [0.2, 0.25) is 0 Å². The summed E-state index contributed by atoms with van der Waals surface area (Å²) in [5, 5.41) is 0. The average molecular weight is 315 g/mol. The van der Waals surface area contributed by atoms with Crippen molar-refractivity contribution in [3.05, 3.63) is 35.9 Å². The van der Waals surface area contributed by atoms with E-state index in [-0.39, 0.29) is 23.3 Å². The van der Waals surface area contributed by atoms with Gasteiger partial charge >= 0.3 is 6.09 Å². The smallest absolute Gasteiger partial charge is 0.410 e. The molecule has 0 spiro atoms. The van der Waals surface area contributed by atoms with Crippen LogP contribution in [0.2, 0.25) is 0 Å². The van der Waals surface area contributed by atoms with Crippen LogP contribution in [0.3, 0.4) is 0 Å². The molecular formula is C19H25NO3. The first-order valence-corrected chi connectivity index (χ1v) is 8.46. The number of Topliss-reactive ketones (excluding diaryl/α,β-unsaturated/α-hetero) is 1. The maximum Gasteiger partial charge on any atom is 0.410 e. The van der Waals surface area contributed by atoms with Gasteiger partial charge in [0.15, 0.2) is 0 Å². The van der Waals surface area contributed by atoms with Crippen molar-refractivity contribution >= 4 is 11.9 Å². The number of carbonyl (C=O) groups is 2. The second-order valence-corrected chi connectivity index (χ2v) is 7.44. The van der Waals surface area contributed by atoms with Crippen molar-refractivity contribution in [2.75, 3.05) is 13.1 Å². The van der Waals surface area contributed by atoms with Crippen molar-refractivity contribution in [2.45, 2.75) is 39.7 Å². The molecule has 4 nitrogen and oxygen atoms in total. The lowest BCUT2D eigenvalue weighted by Gasteiger charge is -2.48. The molecule has 4 heteroatoms. The standard InChI is InChI=1S/C19H25NO3/c1-19(2)10-8-17(21)15-9-11-20(12-16(15)19)18(22)23-13-14-6-4-3-5-7-14/h3-7,15-16H,8-13H2,1-2H3/t15-,16-/m0/s1. The molecule has 2 atom stereocenters. The van der Waals surface area contributed by atoms with E-state index in [0.29, 0.717) is 31.9 Å². The number of rotatable bonds is 2. The Morgan fingerprint density at radius 2 is 2.04 bits per heavy atom. The predicted molar refractivity (Wildman–Crippen MR) is 87.8 cm³/mol. The van der Waals surface area contributed by atoms with Crippen LogP contribution in [0.1, 0.15) is 38.7 Å². The third-order valence-corrected chi connectivity index (χ3v) is 5.51. The van der Waals surface area contributed by atoms with E-state index in [0.717, 1.165) is 18.4 Å². The second kappa shape index (κ2) is 6.34. The molecular weight excluding hydrogens is 290 g/mol. The molecule has 3 rings (SSSR count). The van der Waals surface area contributed by atoms with Gasteiger partial charge in [0, 0.05) is 25.4 Å². The SMILES string of the molecule is CC1(C)CCC(=O)[C@H]2CCN(C(=O)OCc3ccccc3)C[C@@H]21. The van der Waals surface area contributed by atoms with Gasteiger partial charge in [-0.05, 0) is 29.7 Å². The second-order valence-electron chi connectivity index (χ2n) is 7.44. The predicted octanol–water partition coefficient (Wildman–Crippen LogP) is 3.65. The van der Waals surface area contributed by atoms with Crippen molar-refractivity contribution in [3.63, 3.8) is 0 Å². The lowest BCUT2D eigenvalue weighted by molar-refractivity contribution is -0.134. The molecule has 23 heavy (non-hydrogen) atoms. The summed E-state index contributed by atoms with van der Waals surface area (Å²) in [6.07, 6.45) is 2.11. The Hall–Kier alpha value is -1.84. The summed E-state index contributed by atoms with van der Waals surface area (Å²) in [5.74, 6) is 0.755. The minimum atomic E-state index is -0.263. The number of likely N-dealkylation sites (tertiary alicyclic amines) is 1. The molecule has 1 saturated carbocycles. The number of hydrogen-bond acceptors (Lipinski definition) is 3. The Morgan fingerprint density at radius 3 is 2.78 bits per heavy atom. The molecule has 0 unspecified atom stereocenters. The van der Waals surface area contributed by atoms with Gasteiger partial charge in [0.25, 0.3) is 0 Å². The summed E-state index contributed by atoms with van der Waals surface area (Å²) in [6.45, 7) is 5.99. The number of benzene rings is 1. The Morgan fingerprint density at radius 1 is 1.30 bits per heavy atom. The van der Waals surface area contributed by atoms with Crippen molar-refractivity contribution in [3.8, 4) is 0 Å². The molecule has 0 aromatic heterocycles. The van der Waals surface area contributed by atoms with Crippen molar-refractivity contribution in [1.29, 1.82) is 0 Å². The first-order valence-electron chi connectivity index (χ1n) is 8.46. The number of amides is 1. The summed E-state index contributed by atoms with van der Waals surface area (Å²) in [5.41, 5.74) is 1.10. The third-order valence-electron chi connectivity index (χ3n) is 5.51. The molecule has 1 heterocycles. The van der Waals surface area contributed by atoms with E-state index in [1.54, 1.807) is 4.90 Å². The molecule has 1 amide bonds. The molecule has 1 aromatic carbocycles. The summed E-state index contributed by atoms with van der Waals surface area (Å²) in [7, 11) is 0.